The first kappa shape index (κ1) is 23.3. The van der Waals surface area contributed by atoms with Crippen LogP contribution >= 0.6 is 23.8 Å². The Labute approximate surface area is 204 Å². The van der Waals surface area contributed by atoms with Crippen LogP contribution in [0.3, 0.4) is 0 Å². The molecule has 1 saturated heterocycles. The fourth-order valence-electron chi connectivity index (χ4n) is 4.49. The highest BCUT2D eigenvalue weighted by atomic mass is 35.5. The van der Waals surface area contributed by atoms with Crippen LogP contribution in [0, 0.1) is 0 Å². The number of ether oxygens (including phenoxy) is 1. The molecule has 8 heteroatoms. The second-order valence-electron chi connectivity index (χ2n) is 9.07. The molecular formula is C25H26ClN3O3S. The molecule has 1 unspecified atom stereocenters. The maximum absolute atomic E-state index is 13.3. The van der Waals surface area contributed by atoms with Gasteiger partial charge in [-0.15, -0.1) is 0 Å². The van der Waals surface area contributed by atoms with Crippen molar-refractivity contribution in [3.05, 3.63) is 58.1 Å². The van der Waals surface area contributed by atoms with E-state index < -0.39 is 11.8 Å². The highest BCUT2D eigenvalue weighted by molar-refractivity contribution is 7.80. The van der Waals surface area contributed by atoms with Crippen LogP contribution in [-0.2, 0) is 9.59 Å². The van der Waals surface area contributed by atoms with Crippen LogP contribution in [-0.4, -0.2) is 36.6 Å². The van der Waals surface area contributed by atoms with E-state index in [0.717, 1.165) is 17.7 Å². The summed E-state index contributed by atoms with van der Waals surface area (Å²) >= 11 is 11.9. The third-order valence-electron chi connectivity index (χ3n) is 6.48. The number of hydrogen-bond donors (Lipinski definition) is 1. The summed E-state index contributed by atoms with van der Waals surface area (Å²) in [4.78, 5) is 29.6. The standard InChI is InChI=1S/C25H26ClN3O3S/c1-14-13-25(2,3)28(4)21-12-20(26)15(10-18(14)21)11-19-22(30)27-24(33)29(23(19)31)16-6-8-17(32-5)9-7-16/h6-12,14H,13H2,1-5H3,(H,27,30,33)/b19-11-. The molecule has 6 nitrogen and oxygen atoms in total. The van der Waals surface area contributed by atoms with Gasteiger partial charge in [0.2, 0.25) is 0 Å². The van der Waals surface area contributed by atoms with Crippen molar-refractivity contribution in [3.8, 4) is 5.75 Å². The number of fused-ring (bicyclic) bond motifs is 1. The summed E-state index contributed by atoms with van der Waals surface area (Å²) in [5.74, 6) is -0.0965. The second-order valence-corrected chi connectivity index (χ2v) is 9.86. The molecule has 2 amide bonds. The Bertz CT molecular complexity index is 1190. The van der Waals surface area contributed by atoms with Crippen LogP contribution in [0.4, 0.5) is 11.4 Å². The molecule has 2 heterocycles. The Morgan fingerprint density at radius 3 is 2.52 bits per heavy atom. The van der Waals surface area contributed by atoms with Gasteiger partial charge in [0, 0.05) is 23.3 Å². The van der Waals surface area contributed by atoms with E-state index in [2.05, 4.69) is 38.0 Å². The van der Waals surface area contributed by atoms with Crippen molar-refractivity contribution in [2.45, 2.75) is 38.6 Å². The monoisotopic (exact) mass is 483 g/mol. The van der Waals surface area contributed by atoms with Crippen molar-refractivity contribution >= 4 is 58.2 Å². The number of hydrogen-bond acceptors (Lipinski definition) is 5. The third-order valence-corrected chi connectivity index (χ3v) is 7.10. The molecule has 2 aromatic carbocycles. The van der Waals surface area contributed by atoms with Crippen molar-refractivity contribution in [1.29, 1.82) is 0 Å². The summed E-state index contributed by atoms with van der Waals surface area (Å²) in [6.07, 6.45) is 2.53. The number of halogens is 1. The minimum absolute atomic E-state index is 0.00348. The van der Waals surface area contributed by atoms with Crippen LogP contribution in [0.25, 0.3) is 6.08 Å². The number of nitrogens with zero attached hydrogens (tertiary/aromatic N) is 2. The zero-order valence-corrected chi connectivity index (χ0v) is 20.8. The summed E-state index contributed by atoms with van der Waals surface area (Å²) in [6, 6.07) is 10.8. The number of methoxy groups -OCH3 is 1. The summed E-state index contributed by atoms with van der Waals surface area (Å²) in [5.41, 5.74) is 3.33. The van der Waals surface area contributed by atoms with Crippen molar-refractivity contribution in [3.63, 3.8) is 0 Å². The average Bonchev–Trinajstić information content (AvgIpc) is 2.75. The van der Waals surface area contributed by atoms with E-state index in [9.17, 15) is 9.59 Å². The number of rotatable bonds is 3. The molecule has 2 aliphatic rings. The molecule has 0 aromatic heterocycles. The SMILES string of the molecule is COc1ccc(N2C(=O)/C(=C\c3cc4c(cc3Cl)N(C)C(C)(C)CC4C)C(=O)NC2=S)cc1. The minimum Gasteiger partial charge on any atom is -0.497 e. The summed E-state index contributed by atoms with van der Waals surface area (Å²) < 4.78 is 5.18. The summed E-state index contributed by atoms with van der Waals surface area (Å²) in [7, 11) is 3.62. The topological polar surface area (TPSA) is 61.9 Å². The highest BCUT2D eigenvalue weighted by Gasteiger charge is 2.36. The Balaban J connectivity index is 1.75. The molecule has 0 aliphatic carbocycles. The van der Waals surface area contributed by atoms with Gasteiger partial charge < -0.3 is 9.64 Å². The van der Waals surface area contributed by atoms with E-state index in [1.807, 2.05) is 12.1 Å². The predicted molar refractivity (Wildman–Crippen MR) is 136 cm³/mol. The lowest BCUT2D eigenvalue weighted by Gasteiger charge is -2.45. The number of nitrogens with one attached hydrogen (secondary N) is 1. The van der Waals surface area contributed by atoms with Crippen molar-refractivity contribution in [2.75, 3.05) is 24.0 Å². The zero-order valence-electron chi connectivity index (χ0n) is 19.2. The second kappa shape index (κ2) is 8.47. The quantitative estimate of drug-likeness (QED) is 0.382. The number of amides is 2. The summed E-state index contributed by atoms with van der Waals surface area (Å²) in [6.45, 7) is 6.59. The van der Waals surface area contributed by atoms with Gasteiger partial charge in [-0.2, -0.15) is 0 Å². The van der Waals surface area contributed by atoms with Crippen molar-refractivity contribution in [1.82, 2.24) is 5.32 Å². The van der Waals surface area contributed by atoms with E-state index in [0.29, 0.717) is 27.9 Å². The molecule has 0 radical (unpaired) electrons. The Kier molecular flexibility index (Phi) is 5.97. The molecule has 172 valence electrons. The van der Waals surface area contributed by atoms with E-state index in [-0.39, 0.29) is 16.2 Å². The lowest BCUT2D eigenvalue weighted by atomic mass is 9.80. The van der Waals surface area contributed by atoms with E-state index in [1.165, 1.54) is 4.90 Å². The molecule has 4 rings (SSSR count). The molecule has 1 N–H and O–H groups in total. The predicted octanol–water partition coefficient (Wildman–Crippen LogP) is 4.90. The molecule has 2 aliphatic heterocycles. The Morgan fingerprint density at radius 1 is 1.21 bits per heavy atom. The van der Waals surface area contributed by atoms with Gasteiger partial charge in [0.15, 0.2) is 5.11 Å². The Morgan fingerprint density at radius 2 is 1.88 bits per heavy atom. The van der Waals surface area contributed by atoms with Crippen molar-refractivity contribution < 1.29 is 14.3 Å². The first-order chi connectivity index (χ1) is 15.5. The maximum Gasteiger partial charge on any atom is 0.270 e. The van der Waals surface area contributed by atoms with Crippen LogP contribution in [0.15, 0.2) is 42.0 Å². The third kappa shape index (κ3) is 4.11. The number of anilines is 2. The van der Waals surface area contributed by atoms with Crippen LogP contribution < -0.4 is 19.9 Å². The molecule has 1 atom stereocenters. The number of carbonyl (C=O) groups excluding carboxylic acids is 2. The fourth-order valence-corrected chi connectivity index (χ4v) is 4.99. The van der Waals surface area contributed by atoms with Gasteiger partial charge in [-0.1, -0.05) is 18.5 Å². The van der Waals surface area contributed by atoms with Gasteiger partial charge >= 0.3 is 0 Å². The molecule has 1 fully saturated rings. The molecular weight excluding hydrogens is 458 g/mol. The first-order valence-electron chi connectivity index (χ1n) is 10.7. The molecule has 0 saturated carbocycles. The number of thiocarbonyl (C=S) groups is 1. The van der Waals surface area contributed by atoms with E-state index in [4.69, 9.17) is 28.6 Å². The van der Waals surface area contributed by atoms with Crippen LogP contribution in [0.5, 0.6) is 5.75 Å². The minimum atomic E-state index is -0.546. The lowest BCUT2D eigenvalue weighted by molar-refractivity contribution is -0.122. The normalized spacial score (nSPS) is 21.2. The average molecular weight is 484 g/mol. The van der Waals surface area contributed by atoms with Crippen LogP contribution in [0.1, 0.15) is 44.2 Å². The van der Waals surface area contributed by atoms with Gasteiger partial charge in [0.1, 0.15) is 11.3 Å². The van der Waals surface area contributed by atoms with Gasteiger partial charge in [0.05, 0.1) is 12.8 Å². The maximum atomic E-state index is 13.3. The lowest BCUT2D eigenvalue weighted by Crippen LogP contribution is -2.54. The number of benzene rings is 2. The number of carbonyl (C=O) groups is 2. The molecule has 0 spiro atoms. The first-order valence-corrected chi connectivity index (χ1v) is 11.4. The largest absolute Gasteiger partial charge is 0.497 e. The van der Waals surface area contributed by atoms with Gasteiger partial charge in [0.25, 0.3) is 11.8 Å². The Hall–Kier alpha value is -2.90. The zero-order chi connectivity index (χ0) is 24.1. The molecule has 33 heavy (non-hydrogen) atoms. The van der Waals surface area contributed by atoms with E-state index >= 15 is 0 Å². The van der Waals surface area contributed by atoms with E-state index in [1.54, 1.807) is 37.5 Å². The smallest absolute Gasteiger partial charge is 0.270 e. The van der Waals surface area contributed by atoms with Crippen molar-refractivity contribution in [2.24, 2.45) is 0 Å². The van der Waals surface area contributed by atoms with Crippen LogP contribution in [0.2, 0.25) is 5.02 Å². The molecule has 0 bridgehead atoms. The summed E-state index contributed by atoms with van der Waals surface area (Å²) in [5, 5.41) is 3.12. The van der Waals surface area contributed by atoms with Gasteiger partial charge in [-0.3, -0.25) is 19.8 Å². The highest BCUT2D eigenvalue weighted by Crippen LogP contribution is 2.44. The van der Waals surface area contributed by atoms with Gasteiger partial charge in [-0.05, 0) is 92.0 Å². The molecule has 2 aromatic rings. The fraction of sp³-hybridized carbons (Fsp3) is 0.320. The van der Waals surface area contributed by atoms with Gasteiger partial charge in [-0.25, -0.2) is 0 Å².